The van der Waals surface area contributed by atoms with Crippen LogP contribution in [0.3, 0.4) is 0 Å². The van der Waals surface area contributed by atoms with Crippen molar-refractivity contribution in [3.05, 3.63) is 111 Å². The predicted molar refractivity (Wildman–Crippen MR) is 135 cm³/mol. The molecule has 0 N–H and O–H groups in total. The molecule has 1 saturated heterocycles. The molecule has 1 aliphatic heterocycles. The fraction of sp³-hybridized carbons (Fsp3) is 0.107. The van der Waals surface area contributed by atoms with Crippen LogP contribution in [0.4, 0.5) is 9.18 Å². The van der Waals surface area contributed by atoms with Crippen molar-refractivity contribution in [2.24, 2.45) is 0 Å². The molecule has 2 amide bonds. The number of carbonyl (C=O) groups excluding carboxylic acids is 2. The maximum atomic E-state index is 14.1. The molecular formula is C28H20FN3O2S. The normalized spacial score (nSPS) is 14.8. The van der Waals surface area contributed by atoms with Crippen LogP contribution >= 0.6 is 11.8 Å². The maximum Gasteiger partial charge on any atom is 0.293 e. The second-order valence-electron chi connectivity index (χ2n) is 8.23. The third kappa shape index (κ3) is 4.13. The van der Waals surface area contributed by atoms with E-state index in [1.54, 1.807) is 30.3 Å². The Hall–Kier alpha value is -4.15. The summed E-state index contributed by atoms with van der Waals surface area (Å²) in [5.74, 6) is -0.888. The van der Waals surface area contributed by atoms with Gasteiger partial charge in [-0.05, 0) is 48.5 Å². The van der Waals surface area contributed by atoms with Gasteiger partial charge in [-0.2, -0.15) is 5.26 Å². The van der Waals surface area contributed by atoms with Crippen molar-refractivity contribution >= 4 is 39.9 Å². The summed E-state index contributed by atoms with van der Waals surface area (Å²) in [6, 6.07) is 23.7. The summed E-state index contributed by atoms with van der Waals surface area (Å²) in [6.07, 6.45) is 1.75. The first kappa shape index (κ1) is 22.6. The number of rotatable bonds is 5. The summed E-state index contributed by atoms with van der Waals surface area (Å²) in [5, 5.41) is 10.0. The summed E-state index contributed by atoms with van der Waals surface area (Å²) in [4.78, 5) is 27.1. The molecule has 0 spiro atoms. The summed E-state index contributed by atoms with van der Waals surface area (Å²) >= 11 is 0.862. The SMILES string of the molecule is Cc1c(/C=C2\SC(=O)N(Cc3ccccc3F)C2=O)c2ccccc2n1Cc1ccccc1C#N. The molecular weight excluding hydrogens is 461 g/mol. The van der Waals surface area contributed by atoms with Gasteiger partial charge in [0.05, 0.1) is 23.1 Å². The first-order chi connectivity index (χ1) is 17.0. The van der Waals surface area contributed by atoms with E-state index in [-0.39, 0.29) is 6.54 Å². The van der Waals surface area contributed by atoms with Crippen molar-refractivity contribution in [1.82, 2.24) is 9.47 Å². The third-order valence-corrected chi connectivity index (χ3v) is 7.09. The zero-order valence-electron chi connectivity index (χ0n) is 18.9. The average Bonchev–Trinajstić information content (AvgIpc) is 3.29. The van der Waals surface area contributed by atoms with Crippen LogP contribution in [-0.2, 0) is 17.9 Å². The largest absolute Gasteiger partial charge is 0.340 e. The number of nitriles is 1. The lowest BCUT2D eigenvalue weighted by Crippen LogP contribution is -2.27. The molecule has 0 atom stereocenters. The van der Waals surface area contributed by atoms with Crippen molar-refractivity contribution in [3.8, 4) is 6.07 Å². The van der Waals surface area contributed by atoms with Gasteiger partial charge in [-0.25, -0.2) is 4.39 Å². The monoisotopic (exact) mass is 481 g/mol. The van der Waals surface area contributed by atoms with E-state index in [0.29, 0.717) is 22.6 Å². The van der Waals surface area contributed by atoms with Crippen LogP contribution in [0.2, 0.25) is 0 Å². The number of para-hydroxylation sites is 1. The molecule has 0 aliphatic carbocycles. The average molecular weight is 482 g/mol. The minimum absolute atomic E-state index is 0.111. The summed E-state index contributed by atoms with van der Waals surface area (Å²) < 4.78 is 16.2. The standard InChI is InChI=1S/C28H20FN3O2S/c1-18-23(14-26-27(33)32(28(34)35-26)17-21-10-4-6-12-24(21)29)22-11-5-7-13-25(22)31(18)16-20-9-3-2-8-19(20)15-30/h2-14H,16-17H2,1H3/b26-14-. The van der Waals surface area contributed by atoms with Crippen LogP contribution in [0.5, 0.6) is 0 Å². The summed E-state index contributed by atoms with van der Waals surface area (Å²) in [5.41, 5.74) is 4.52. The molecule has 7 heteroatoms. The number of aromatic nitrogens is 1. The maximum absolute atomic E-state index is 14.1. The number of carbonyl (C=O) groups is 2. The van der Waals surface area contributed by atoms with E-state index in [4.69, 9.17) is 0 Å². The quantitative estimate of drug-likeness (QED) is 0.316. The number of benzene rings is 3. The highest BCUT2D eigenvalue weighted by atomic mass is 32.2. The van der Waals surface area contributed by atoms with Crippen molar-refractivity contribution in [3.63, 3.8) is 0 Å². The number of amides is 2. The lowest BCUT2D eigenvalue weighted by molar-refractivity contribution is -0.123. The topological polar surface area (TPSA) is 66.1 Å². The Morgan fingerprint density at radius 2 is 1.63 bits per heavy atom. The number of imide groups is 1. The Morgan fingerprint density at radius 1 is 0.943 bits per heavy atom. The minimum Gasteiger partial charge on any atom is -0.340 e. The molecule has 0 saturated carbocycles. The number of fused-ring (bicyclic) bond motifs is 1. The van der Waals surface area contributed by atoms with E-state index in [0.717, 1.165) is 44.4 Å². The van der Waals surface area contributed by atoms with Gasteiger partial charge in [-0.1, -0.05) is 54.6 Å². The minimum atomic E-state index is -0.452. The number of hydrogen-bond donors (Lipinski definition) is 0. The lowest BCUT2D eigenvalue weighted by Gasteiger charge is -2.12. The highest BCUT2D eigenvalue weighted by molar-refractivity contribution is 8.18. The van der Waals surface area contributed by atoms with Crippen LogP contribution < -0.4 is 0 Å². The predicted octanol–water partition coefficient (Wildman–Crippen LogP) is 6.25. The second kappa shape index (κ2) is 9.24. The van der Waals surface area contributed by atoms with E-state index >= 15 is 0 Å². The van der Waals surface area contributed by atoms with Crippen LogP contribution in [0, 0.1) is 24.1 Å². The molecule has 5 nitrogen and oxygen atoms in total. The van der Waals surface area contributed by atoms with Gasteiger partial charge < -0.3 is 4.57 Å². The molecule has 172 valence electrons. The van der Waals surface area contributed by atoms with Crippen molar-refractivity contribution in [2.75, 3.05) is 0 Å². The third-order valence-electron chi connectivity index (χ3n) is 6.18. The van der Waals surface area contributed by atoms with Crippen LogP contribution in [0.15, 0.2) is 77.7 Å². The number of nitrogens with zero attached hydrogens (tertiary/aromatic N) is 3. The molecule has 4 aromatic rings. The van der Waals surface area contributed by atoms with Gasteiger partial charge in [0.15, 0.2) is 0 Å². The molecule has 0 bridgehead atoms. The Kier molecular flexibility index (Phi) is 5.98. The Morgan fingerprint density at radius 3 is 2.40 bits per heavy atom. The van der Waals surface area contributed by atoms with Crippen molar-refractivity contribution in [1.29, 1.82) is 5.26 Å². The first-order valence-corrected chi connectivity index (χ1v) is 11.8. The number of halogens is 1. The van der Waals surface area contributed by atoms with Gasteiger partial charge in [-0.15, -0.1) is 0 Å². The smallest absolute Gasteiger partial charge is 0.293 e. The molecule has 1 fully saturated rings. The molecule has 1 aliphatic rings. The first-order valence-electron chi connectivity index (χ1n) is 11.0. The zero-order chi connectivity index (χ0) is 24.5. The van der Waals surface area contributed by atoms with Gasteiger partial charge in [0.2, 0.25) is 0 Å². The van der Waals surface area contributed by atoms with Gasteiger partial charge in [0.25, 0.3) is 11.1 Å². The molecule has 3 aromatic carbocycles. The molecule has 1 aromatic heterocycles. The van der Waals surface area contributed by atoms with E-state index in [1.165, 1.54) is 6.07 Å². The van der Waals surface area contributed by atoms with Crippen LogP contribution in [-0.4, -0.2) is 20.6 Å². The van der Waals surface area contributed by atoms with E-state index in [9.17, 15) is 19.2 Å². The Bertz CT molecular complexity index is 1560. The highest BCUT2D eigenvalue weighted by Crippen LogP contribution is 2.36. The molecule has 0 radical (unpaired) electrons. The molecule has 0 unspecified atom stereocenters. The van der Waals surface area contributed by atoms with Gasteiger partial charge >= 0.3 is 0 Å². The summed E-state index contributed by atoms with van der Waals surface area (Å²) in [7, 11) is 0. The Labute approximate surface area is 206 Å². The fourth-order valence-corrected chi connectivity index (χ4v) is 5.17. The van der Waals surface area contributed by atoms with Gasteiger partial charge in [0.1, 0.15) is 5.82 Å². The zero-order valence-corrected chi connectivity index (χ0v) is 19.7. The number of thioether (sulfide) groups is 1. The number of hydrogen-bond acceptors (Lipinski definition) is 4. The van der Waals surface area contributed by atoms with Gasteiger partial charge in [-0.3, -0.25) is 14.5 Å². The van der Waals surface area contributed by atoms with E-state index < -0.39 is 17.0 Å². The van der Waals surface area contributed by atoms with Crippen molar-refractivity contribution < 1.29 is 14.0 Å². The molecule has 5 rings (SSSR count). The van der Waals surface area contributed by atoms with Crippen LogP contribution in [0.25, 0.3) is 17.0 Å². The highest BCUT2D eigenvalue weighted by Gasteiger charge is 2.35. The van der Waals surface area contributed by atoms with E-state index in [1.807, 2.05) is 49.4 Å². The second-order valence-corrected chi connectivity index (χ2v) is 9.22. The Balaban J connectivity index is 1.53. The van der Waals surface area contributed by atoms with Crippen LogP contribution in [0.1, 0.15) is 27.9 Å². The summed E-state index contributed by atoms with van der Waals surface area (Å²) in [6.45, 7) is 2.35. The molecule has 35 heavy (non-hydrogen) atoms. The van der Waals surface area contributed by atoms with E-state index in [2.05, 4.69) is 10.6 Å². The van der Waals surface area contributed by atoms with Crippen molar-refractivity contribution in [2.45, 2.75) is 20.0 Å². The lowest BCUT2D eigenvalue weighted by atomic mass is 10.1. The molecule has 2 heterocycles. The fourth-order valence-electron chi connectivity index (χ4n) is 4.35. The van der Waals surface area contributed by atoms with Gasteiger partial charge in [0, 0.05) is 34.3 Å².